The van der Waals surface area contributed by atoms with Crippen LogP contribution in [0.2, 0.25) is 5.02 Å². The van der Waals surface area contributed by atoms with Gasteiger partial charge in [-0.2, -0.15) is 0 Å². The number of halogens is 1. The minimum Gasteiger partial charge on any atom is -0.394 e. The van der Waals surface area contributed by atoms with Gasteiger partial charge in [-0.15, -0.1) is 0 Å². The Morgan fingerprint density at radius 2 is 1.94 bits per heavy atom. The maximum absolute atomic E-state index is 11.4. The van der Waals surface area contributed by atoms with Gasteiger partial charge in [0, 0.05) is 28.7 Å². The smallest absolute Gasteiger partial charge is 0.204 e. The fourth-order valence-corrected chi connectivity index (χ4v) is 1.92. The van der Waals surface area contributed by atoms with E-state index < -0.39 is 0 Å². The average Bonchev–Trinajstić information content (AvgIpc) is 2.27. The Morgan fingerprint density at radius 3 is 2.65 bits per heavy atom. The first kappa shape index (κ1) is 11.7. The first-order chi connectivity index (χ1) is 7.99. The number of nitrogen functional groups attached to an aromatic ring is 1. The van der Waals surface area contributed by atoms with Crippen LogP contribution in [-0.4, -0.2) is 4.57 Å². The zero-order valence-corrected chi connectivity index (χ0v) is 10.5. The predicted octanol–water partition coefficient (Wildman–Crippen LogP) is 2.69. The maximum Gasteiger partial charge on any atom is 0.204 e. The van der Waals surface area contributed by atoms with E-state index in [9.17, 15) is 4.79 Å². The summed E-state index contributed by atoms with van der Waals surface area (Å²) in [5.41, 5.74) is 8.56. The molecule has 0 aliphatic rings. The first-order valence-corrected chi connectivity index (χ1v) is 5.62. The number of hydrogen-bond acceptors (Lipinski definition) is 2. The van der Waals surface area contributed by atoms with Crippen molar-refractivity contribution in [2.45, 2.75) is 13.8 Å². The van der Waals surface area contributed by atoms with Crippen LogP contribution in [0.3, 0.4) is 0 Å². The lowest BCUT2D eigenvalue weighted by molar-refractivity contribution is 0.966. The summed E-state index contributed by atoms with van der Waals surface area (Å²) in [6, 6.07) is 7.15. The van der Waals surface area contributed by atoms with Crippen LogP contribution in [0.25, 0.3) is 5.69 Å². The summed E-state index contributed by atoms with van der Waals surface area (Å²) in [4.78, 5) is 11.4. The van der Waals surface area contributed by atoms with Gasteiger partial charge in [0.1, 0.15) is 0 Å². The van der Waals surface area contributed by atoms with Gasteiger partial charge in [0.2, 0.25) is 5.43 Å². The van der Waals surface area contributed by atoms with Gasteiger partial charge in [-0.25, -0.2) is 0 Å². The van der Waals surface area contributed by atoms with Crippen molar-refractivity contribution in [1.82, 2.24) is 4.57 Å². The molecule has 1 aromatic carbocycles. The van der Waals surface area contributed by atoms with Crippen molar-refractivity contribution in [2.24, 2.45) is 0 Å². The van der Waals surface area contributed by atoms with Crippen LogP contribution in [-0.2, 0) is 0 Å². The van der Waals surface area contributed by atoms with E-state index in [2.05, 4.69) is 0 Å². The molecule has 17 heavy (non-hydrogen) atoms. The standard InChI is InChI=1S/C13H13ClN2O/c1-8-3-4-10(14)6-12(8)16-7-11(15)13(17)5-9(16)2/h3-7H,15H2,1-2H3. The normalized spacial score (nSPS) is 10.5. The second kappa shape index (κ2) is 4.26. The van der Waals surface area contributed by atoms with Gasteiger partial charge in [-0.1, -0.05) is 17.7 Å². The molecule has 0 radical (unpaired) electrons. The molecule has 0 saturated heterocycles. The number of hydrogen-bond donors (Lipinski definition) is 1. The SMILES string of the molecule is Cc1ccc(Cl)cc1-n1cc(N)c(=O)cc1C. The van der Waals surface area contributed by atoms with Crippen LogP contribution in [0.5, 0.6) is 0 Å². The molecule has 0 aliphatic carbocycles. The van der Waals surface area contributed by atoms with Crippen molar-refractivity contribution in [2.75, 3.05) is 5.73 Å². The lowest BCUT2D eigenvalue weighted by atomic mass is 10.2. The van der Waals surface area contributed by atoms with Crippen molar-refractivity contribution in [3.63, 3.8) is 0 Å². The molecular formula is C13H13ClN2O. The van der Waals surface area contributed by atoms with E-state index in [4.69, 9.17) is 17.3 Å². The van der Waals surface area contributed by atoms with Crippen LogP contribution in [0.4, 0.5) is 5.69 Å². The van der Waals surface area contributed by atoms with E-state index in [1.165, 1.54) is 6.07 Å². The molecule has 4 heteroatoms. The number of pyridine rings is 1. The molecule has 2 aromatic rings. The molecule has 0 amide bonds. The van der Waals surface area contributed by atoms with Crippen molar-refractivity contribution in [3.8, 4) is 5.69 Å². The van der Waals surface area contributed by atoms with Gasteiger partial charge in [0.05, 0.1) is 5.69 Å². The van der Waals surface area contributed by atoms with Crippen molar-refractivity contribution in [1.29, 1.82) is 0 Å². The van der Waals surface area contributed by atoms with Crippen LogP contribution in [0.1, 0.15) is 11.3 Å². The molecule has 0 saturated carbocycles. The summed E-state index contributed by atoms with van der Waals surface area (Å²) < 4.78 is 1.87. The highest BCUT2D eigenvalue weighted by molar-refractivity contribution is 6.30. The third-order valence-corrected chi connectivity index (χ3v) is 2.94. The minimum absolute atomic E-state index is 0.154. The predicted molar refractivity (Wildman–Crippen MR) is 70.9 cm³/mol. The van der Waals surface area contributed by atoms with Gasteiger partial charge in [0.25, 0.3) is 0 Å². The van der Waals surface area contributed by atoms with Gasteiger partial charge < -0.3 is 10.3 Å². The third kappa shape index (κ3) is 2.19. The summed E-state index contributed by atoms with van der Waals surface area (Å²) in [5, 5.41) is 0.655. The number of anilines is 1. The zero-order chi connectivity index (χ0) is 12.6. The van der Waals surface area contributed by atoms with Gasteiger partial charge in [-0.3, -0.25) is 4.79 Å². The van der Waals surface area contributed by atoms with E-state index in [0.29, 0.717) is 5.02 Å². The fraction of sp³-hybridized carbons (Fsp3) is 0.154. The number of aromatic nitrogens is 1. The molecule has 0 fully saturated rings. The summed E-state index contributed by atoms with van der Waals surface area (Å²) in [5.74, 6) is 0. The highest BCUT2D eigenvalue weighted by Crippen LogP contribution is 2.20. The van der Waals surface area contributed by atoms with Gasteiger partial charge >= 0.3 is 0 Å². The van der Waals surface area contributed by atoms with Crippen molar-refractivity contribution in [3.05, 3.63) is 57.0 Å². The average molecular weight is 249 g/mol. The van der Waals surface area contributed by atoms with Gasteiger partial charge in [0.15, 0.2) is 0 Å². The largest absolute Gasteiger partial charge is 0.394 e. The number of nitrogens with zero attached hydrogens (tertiary/aromatic N) is 1. The van der Waals surface area contributed by atoms with Gasteiger partial charge in [-0.05, 0) is 31.5 Å². The van der Waals surface area contributed by atoms with E-state index >= 15 is 0 Å². The minimum atomic E-state index is -0.154. The van der Waals surface area contributed by atoms with E-state index in [0.717, 1.165) is 16.9 Å². The summed E-state index contributed by atoms with van der Waals surface area (Å²) >= 11 is 5.98. The Balaban J connectivity index is 2.72. The highest BCUT2D eigenvalue weighted by Gasteiger charge is 2.06. The molecule has 2 N–H and O–H groups in total. The summed E-state index contributed by atoms with van der Waals surface area (Å²) in [6.45, 7) is 3.85. The van der Waals surface area contributed by atoms with Crippen LogP contribution >= 0.6 is 11.6 Å². The molecule has 0 aliphatic heterocycles. The van der Waals surface area contributed by atoms with Crippen molar-refractivity contribution >= 4 is 17.3 Å². The molecule has 0 spiro atoms. The second-order valence-electron chi connectivity index (χ2n) is 4.04. The number of rotatable bonds is 1. The number of nitrogens with two attached hydrogens (primary N) is 1. The molecule has 0 unspecified atom stereocenters. The topological polar surface area (TPSA) is 48.0 Å². The van der Waals surface area contributed by atoms with Crippen molar-refractivity contribution < 1.29 is 0 Å². The molecule has 3 nitrogen and oxygen atoms in total. The Labute approximate surface area is 104 Å². The number of aryl methyl sites for hydroxylation is 2. The zero-order valence-electron chi connectivity index (χ0n) is 9.70. The Hall–Kier alpha value is -1.74. The Morgan fingerprint density at radius 1 is 1.24 bits per heavy atom. The molecule has 1 heterocycles. The molecular weight excluding hydrogens is 236 g/mol. The lowest BCUT2D eigenvalue weighted by Gasteiger charge is -2.14. The van der Waals surface area contributed by atoms with Crippen LogP contribution < -0.4 is 11.2 Å². The fourth-order valence-electron chi connectivity index (χ4n) is 1.75. The van der Waals surface area contributed by atoms with E-state index in [1.54, 1.807) is 6.20 Å². The molecule has 1 aromatic heterocycles. The Kier molecular flexibility index (Phi) is 2.94. The third-order valence-electron chi connectivity index (χ3n) is 2.70. The quantitative estimate of drug-likeness (QED) is 0.844. The Bertz CT molecular complexity index is 632. The lowest BCUT2D eigenvalue weighted by Crippen LogP contribution is -2.13. The van der Waals surface area contributed by atoms with E-state index in [1.807, 2.05) is 36.6 Å². The first-order valence-electron chi connectivity index (χ1n) is 5.24. The summed E-state index contributed by atoms with van der Waals surface area (Å²) in [7, 11) is 0. The maximum atomic E-state index is 11.4. The molecule has 2 rings (SSSR count). The highest BCUT2D eigenvalue weighted by atomic mass is 35.5. The van der Waals surface area contributed by atoms with Crippen LogP contribution in [0, 0.1) is 13.8 Å². The molecule has 88 valence electrons. The van der Waals surface area contributed by atoms with E-state index in [-0.39, 0.29) is 11.1 Å². The summed E-state index contributed by atoms with van der Waals surface area (Å²) in [6.07, 6.45) is 1.64. The second-order valence-corrected chi connectivity index (χ2v) is 4.47. The molecule has 0 atom stereocenters. The monoisotopic (exact) mass is 248 g/mol. The number of benzene rings is 1. The van der Waals surface area contributed by atoms with Crippen LogP contribution in [0.15, 0.2) is 35.3 Å². The molecule has 0 bridgehead atoms.